The van der Waals surface area contributed by atoms with E-state index in [0.717, 1.165) is 5.56 Å². The van der Waals surface area contributed by atoms with Crippen LogP contribution in [0.25, 0.3) is 0 Å². The Kier molecular flexibility index (Phi) is 3.66. The van der Waals surface area contributed by atoms with Gasteiger partial charge in [0.25, 0.3) is 0 Å². The molecule has 0 fully saturated rings. The van der Waals surface area contributed by atoms with Crippen LogP contribution in [0.3, 0.4) is 0 Å². The summed E-state index contributed by atoms with van der Waals surface area (Å²) in [6.07, 6.45) is 1.64. The molecule has 2 aromatic rings. The average Bonchev–Trinajstić information content (AvgIpc) is 2.37. The van der Waals surface area contributed by atoms with E-state index in [1.165, 1.54) is 6.20 Å². The van der Waals surface area contributed by atoms with Crippen molar-refractivity contribution in [3.63, 3.8) is 0 Å². The number of amides is 1. The molecule has 1 amide bonds. The highest BCUT2D eigenvalue weighted by Gasteiger charge is 2.08. The second kappa shape index (κ2) is 5.39. The standard InChI is InChI=1S/C14H15N3O2/c1-9-2-5-13(18)12(6-9)17-14(19)7-11-4-3-10(15)8-16-11/h2-6,8,18H,7,15H2,1H3,(H,17,19). The Morgan fingerprint density at radius 3 is 2.84 bits per heavy atom. The van der Waals surface area contributed by atoms with Crippen molar-refractivity contribution < 1.29 is 9.90 Å². The zero-order chi connectivity index (χ0) is 13.8. The van der Waals surface area contributed by atoms with Gasteiger partial charge in [0.05, 0.1) is 24.0 Å². The number of rotatable bonds is 3. The molecule has 0 aliphatic rings. The lowest BCUT2D eigenvalue weighted by molar-refractivity contribution is -0.115. The smallest absolute Gasteiger partial charge is 0.230 e. The average molecular weight is 257 g/mol. The molecule has 0 spiro atoms. The molecule has 0 unspecified atom stereocenters. The minimum atomic E-state index is -0.238. The first-order valence-corrected chi connectivity index (χ1v) is 5.84. The minimum Gasteiger partial charge on any atom is -0.506 e. The molecule has 1 heterocycles. The van der Waals surface area contributed by atoms with Crippen LogP contribution in [0.4, 0.5) is 11.4 Å². The van der Waals surface area contributed by atoms with Gasteiger partial charge in [-0.3, -0.25) is 9.78 Å². The zero-order valence-corrected chi connectivity index (χ0v) is 10.6. The molecular formula is C14H15N3O2. The maximum Gasteiger partial charge on any atom is 0.230 e. The van der Waals surface area contributed by atoms with Crippen molar-refractivity contribution in [3.8, 4) is 5.75 Å². The van der Waals surface area contributed by atoms with Crippen LogP contribution >= 0.6 is 0 Å². The zero-order valence-electron chi connectivity index (χ0n) is 10.6. The molecular weight excluding hydrogens is 242 g/mol. The van der Waals surface area contributed by atoms with Crippen LogP contribution in [0, 0.1) is 6.92 Å². The van der Waals surface area contributed by atoms with E-state index < -0.39 is 0 Å². The molecule has 0 atom stereocenters. The van der Waals surface area contributed by atoms with Gasteiger partial charge in [0, 0.05) is 5.69 Å². The van der Waals surface area contributed by atoms with Crippen molar-refractivity contribution in [1.82, 2.24) is 4.98 Å². The van der Waals surface area contributed by atoms with E-state index in [1.54, 1.807) is 30.3 Å². The third-order valence-electron chi connectivity index (χ3n) is 2.62. The Bertz CT molecular complexity index is 594. The van der Waals surface area contributed by atoms with Crippen molar-refractivity contribution in [3.05, 3.63) is 47.8 Å². The van der Waals surface area contributed by atoms with Gasteiger partial charge in [-0.2, -0.15) is 0 Å². The summed E-state index contributed by atoms with van der Waals surface area (Å²) >= 11 is 0. The van der Waals surface area contributed by atoms with E-state index in [4.69, 9.17) is 5.73 Å². The number of aromatic nitrogens is 1. The number of nitrogens with one attached hydrogen (secondary N) is 1. The number of phenols is 1. The maximum atomic E-state index is 11.8. The van der Waals surface area contributed by atoms with Crippen molar-refractivity contribution in [2.75, 3.05) is 11.1 Å². The number of carbonyl (C=O) groups excluding carboxylic acids is 1. The van der Waals surface area contributed by atoms with Crippen molar-refractivity contribution in [2.24, 2.45) is 0 Å². The first kappa shape index (κ1) is 12.9. The molecule has 0 aliphatic heterocycles. The number of aromatic hydroxyl groups is 1. The lowest BCUT2D eigenvalue weighted by atomic mass is 10.2. The van der Waals surface area contributed by atoms with E-state index in [9.17, 15) is 9.90 Å². The summed E-state index contributed by atoms with van der Waals surface area (Å²) in [4.78, 5) is 15.9. The summed E-state index contributed by atoms with van der Waals surface area (Å²) in [5.41, 5.74) is 8.06. The Labute approximate surface area is 111 Å². The van der Waals surface area contributed by atoms with Crippen molar-refractivity contribution >= 4 is 17.3 Å². The maximum absolute atomic E-state index is 11.8. The molecule has 1 aromatic carbocycles. The summed E-state index contributed by atoms with van der Waals surface area (Å²) in [6.45, 7) is 1.89. The van der Waals surface area contributed by atoms with Gasteiger partial charge >= 0.3 is 0 Å². The van der Waals surface area contributed by atoms with Crippen LogP contribution in [0.1, 0.15) is 11.3 Å². The van der Waals surface area contributed by atoms with E-state index in [2.05, 4.69) is 10.3 Å². The second-order valence-corrected chi connectivity index (χ2v) is 4.33. The number of carbonyl (C=O) groups is 1. The highest BCUT2D eigenvalue weighted by Crippen LogP contribution is 2.23. The van der Waals surface area contributed by atoms with Crippen LogP contribution in [0.2, 0.25) is 0 Å². The molecule has 0 bridgehead atoms. The van der Waals surface area contributed by atoms with E-state index in [0.29, 0.717) is 17.1 Å². The molecule has 98 valence electrons. The van der Waals surface area contributed by atoms with Gasteiger partial charge in [-0.1, -0.05) is 6.07 Å². The van der Waals surface area contributed by atoms with Crippen LogP contribution in [-0.2, 0) is 11.2 Å². The predicted octanol–water partition coefficient (Wildman–Crippen LogP) is 1.86. The molecule has 0 aliphatic carbocycles. The fraction of sp³-hybridized carbons (Fsp3) is 0.143. The molecule has 5 nitrogen and oxygen atoms in total. The van der Waals surface area contributed by atoms with Crippen LogP contribution < -0.4 is 11.1 Å². The highest BCUT2D eigenvalue weighted by molar-refractivity contribution is 5.93. The highest BCUT2D eigenvalue weighted by atomic mass is 16.3. The largest absolute Gasteiger partial charge is 0.506 e. The Balaban J connectivity index is 2.05. The van der Waals surface area contributed by atoms with Crippen LogP contribution in [-0.4, -0.2) is 16.0 Å². The molecule has 1 aromatic heterocycles. The van der Waals surface area contributed by atoms with Crippen LogP contribution in [0.5, 0.6) is 5.75 Å². The lowest BCUT2D eigenvalue weighted by Crippen LogP contribution is -2.15. The Hall–Kier alpha value is -2.56. The van der Waals surface area contributed by atoms with Gasteiger partial charge in [-0.15, -0.1) is 0 Å². The molecule has 0 radical (unpaired) electrons. The van der Waals surface area contributed by atoms with Crippen molar-refractivity contribution in [1.29, 1.82) is 0 Å². The normalized spacial score (nSPS) is 10.2. The van der Waals surface area contributed by atoms with Gasteiger partial charge in [-0.05, 0) is 36.8 Å². The lowest BCUT2D eigenvalue weighted by Gasteiger charge is -2.08. The van der Waals surface area contributed by atoms with E-state index in [1.807, 2.05) is 6.92 Å². The molecule has 4 N–H and O–H groups in total. The predicted molar refractivity (Wildman–Crippen MR) is 73.8 cm³/mol. The van der Waals surface area contributed by atoms with E-state index >= 15 is 0 Å². The number of aryl methyl sites for hydroxylation is 1. The SMILES string of the molecule is Cc1ccc(O)c(NC(=O)Cc2ccc(N)cn2)c1. The van der Waals surface area contributed by atoms with Gasteiger partial charge < -0.3 is 16.2 Å². The number of anilines is 2. The molecule has 19 heavy (non-hydrogen) atoms. The topological polar surface area (TPSA) is 88.2 Å². The summed E-state index contributed by atoms with van der Waals surface area (Å²) < 4.78 is 0. The number of hydrogen-bond donors (Lipinski definition) is 3. The first-order chi connectivity index (χ1) is 9.04. The fourth-order valence-electron chi connectivity index (χ4n) is 1.65. The summed E-state index contributed by atoms with van der Waals surface area (Å²) in [7, 11) is 0. The number of phenolic OH excluding ortho intramolecular Hbond substituents is 1. The number of hydrogen-bond acceptors (Lipinski definition) is 4. The molecule has 0 saturated heterocycles. The van der Waals surface area contributed by atoms with Gasteiger partial charge in [0.15, 0.2) is 0 Å². The minimum absolute atomic E-state index is 0.0456. The van der Waals surface area contributed by atoms with Gasteiger partial charge in [-0.25, -0.2) is 0 Å². The summed E-state index contributed by atoms with van der Waals surface area (Å²) in [5, 5.41) is 12.3. The van der Waals surface area contributed by atoms with Crippen molar-refractivity contribution in [2.45, 2.75) is 13.3 Å². The quantitative estimate of drug-likeness (QED) is 0.732. The van der Waals surface area contributed by atoms with Gasteiger partial charge in [0.2, 0.25) is 5.91 Å². The van der Waals surface area contributed by atoms with Crippen LogP contribution in [0.15, 0.2) is 36.5 Å². The fourth-order valence-corrected chi connectivity index (χ4v) is 1.65. The first-order valence-electron chi connectivity index (χ1n) is 5.84. The monoisotopic (exact) mass is 257 g/mol. The molecule has 5 heteroatoms. The Morgan fingerprint density at radius 1 is 1.37 bits per heavy atom. The third kappa shape index (κ3) is 3.45. The second-order valence-electron chi connectivity index (χ2n) is 4.33. The third-order valence-corrected chi connectivity index (χ3v) is 2.62. The van der Waals surface area contributed by atoms with Gasteiger partial charge in [0.1, 0.15) is 5.75 Å². The van der Waals surface area contributed by atoms with E-state index in [-0.39, 0.29) is 18.1 Å². The number of nitrogens with zero attached hydrogens (tertiary/aromatic N) is 1. The number of nitrogens with two attached hydrogens (primary N) is 1. The number of pyridine rings is 1. The summed E-state index contributed by atoms with van der Waals surface area (Å²) in [5.74, 6) is -0.192. The molecule has 0 saturated carbocycles. The number of benzene rings is 1. The summed E-state index contributed by atoms with van der Waals surface area (Å²) in [6, 6.07) is 8.42. The number of nitrogen functional groups attached to an aromatic ring is 1. The molecule has 2 rings (SSSR count). The Morgan fingerprint density at radius 2 is 2.16 bits per heavy atom.